The van der Waals surface area contributed by atoms with Crippen molar-refractivity contribution in [1.82, 2.24) is 29.2 Å². The molecule has 0 radical (unpaired) electrons. The topological polar surface area (TPSA) is 92.3 Å². The molecule has 1 N–H and O–H groups in total. The Labute approximate surface area is 174 Å². The van der Waals surface area contributed by atoms with Crippen LogP contribution in [-0.2, 0) is 12.1 Å². The molecule has 9 heteroatoms. The highest BCUT2D eigenvalue weighted by Gasteiger charge is 2.23. The van der Waals surface area contributed by atoms with Gasteiger partial charge in [-0.05, 0) is 33.0 Å². The molecule has 30 heavy (non-hydrogen) atoms. The van der Waals surface area contributed by atoms with Gasteiger partial charge >= 0.3 is 0 Å². The fraction of sp³-hybridized carbons (Fsp3) is 0.429. The predicted octanol–water partition coefficient (Wildman–Crippen LogP) is 1.14. The maximum Gasteiger partial charge on any atom is 0.278 e. The Kier molecular flexibility index (Phi) is 5.17. The van der Waals surface area contributed by atoms with Crippen LogP contribution in [0.1, 0.15) is 19.5 Å². The van der Waals surface area contributed by atoms with E-state index in [-0.39, 0.29) is 5.56 Å². The van der Waals surface area contributed by atoms with Crippen LogP contribution in [0.5, 0.6) is 0 Å². The molecule has 158 valence electrons. The van der Waals surface area contributed by atoms with E-state index >= 15 is 0 Å². The lowest BCUT2D eigenvalue weighted by Gasteiger charge is -2.32. The first-order valence-corrected chi connectivity index (χ1v) is 10.0. The van der Waals surface area contributed by atoms with Gasteiger partial charge in [0.25, 0.3) is 5.56 Å². The lowest BCUT2D eigenvalue weighted by molar-refractivity contribution is 0.0738. The van der Waals surface area contributed by atoms with E-state index < -0.39 is 5.60 Å². The van der Waals surface area contributed by atoms with Crippen molar-refractivity contribution in [2.45, 2.75) is 26.0 Å². The number of hydrogen-bond acceptors (Lipinski definition) is 7. The molecular formula is C21H27N7O2. The fourth-order valence-corrected chi connectivity index (χ4v) is 3.58. The van der Waals surface area contributed by atoms with Gasteiger partial charge in [-0.2, -0.15) is 4.98 Å². The molecule has 1 aliphatic heterocycles. The van der Waals surface area contributed by atoms with Crippen molar-refractivity contribution >= 4 is 17.0 Å². The number of fused-ring (bicyclic) bond motifs is 1. The van der Waals surface area contributed by atoms with E-state index in [1.807, 2.05) is 6.07 Å². The van der Waals surface area contributed by atoms with E-state index in [1.54, 1.807) is 42.9 Å². The monoisotopic (exact) mass is 409 g/mol. The van der Waals surface area contributed by atoms with E-state index in [0.29, 0.717) is 35.0 Å². The minimum Gasteiger partial charge on any atom is -0.384 e. The third-order valence-electron chi connectivity index (χ3n) is 5.33. The first-order chi connectivity index (χ1) is 14.3. The molecule has 3 aromatic rings. The van der Waals surface area contributed by atoms with Gasteiger partial charge in [0, 0.05) is 32.4 Å². The zero-order valence-electron chi connectivity index (χ0n) is 17.6. The summed E-state index contributed by atoms with van der Waals surface area (Å²) < 4.78 is 3.23. The molecule has 0 aromatic carbocycles. The van der Waals surface area contributed by atoms with Gasteiger partial charge in [0.15, 0.2) is 11.5 Å². The van der Waals surface area contributed by atoms with Gasteiger partial charge < -0.3 is 14.9 Å². The van der Waals surface area contributed by atoms with E-state index in [0.717, 1.165) is 26.2 Å². The number of hydrogen-bond donors (Lipinski definition) is 1. The Bertz CT molecular complexity index is 1130. The minimum absolute atomic E-state index is 0.203. The van der Waals surface area contributed by atoms with Crippen molar-refractivity contribution in [3.05, 3.63) is 53.1 Å². The molecule has 0 spiro atoms. The smallest absolute Gasteiger partial charge is 0.278 e. The molecule has 0 bridgehead atoms. The molecule has 0 saturated carbocycles. The van der Waals surface area contributed by atoms with Gasteiger partial charge in [-0.15, -0.1) is 6.58 Å². The van der Waals surface area contributed by atoms with Crippen LogP contribution in [0.15, 0.2) is 41.8 Å². The van der Waals surface area contributed by atoms with Crippen molar-refractivity contribution in [3.63, 3.8) is 0 Å². The molecule has 3 aromatic heterocycles. The number of nitrogens with zero attached hydrogens (tertiary/aromatic N) is 7. The summed E-state index contributed by atoms with van der Waals surface area (Å²) in [6.07, 6.45) is 3.25. The summed E-state index contributed by atoms with van der Waals surface area (Å²) in [5.41, 5.74) is -0.313. The van der Waals surface area contributed by atoms with E-state index in [2.05, 4.69) is 33.4 Å². The van der Waals surface area contributed by atoms with Crippen LogP contribution in [-0.4, -0.2) is 67.5 Å². The van der Waals surface area contributed by atoms with Crippen LogP contribution in [0.25, 0.3) is 16.9 Å². The fourth-order valence-electron chi connectivity index (χ4n) is 3.58. The molecule has 9 nitrogen and oxygen atoms in total. The molecule has 4 rings (SSSR count). The van der Waals surface area contributed by atoms with Crippen LogP contribution in [0.3, 0.4) is 0 Å². The van der Waals surface area contributed by atoms with Crippen molar-refractivity contribution in [2.24, 2.45) is 0 Å². The van der Waals surface area contributed by atoms with Gasteiger partial charge in [0.1, 0.15) is 11.0 Å². The lowest BCUT2D eigenvalue weighted by Crippen LogP contribution is -2.45. The van der Waals surface area contributed by atoms with Gasteiger partial charge in [-0.25, -0.2) is 19.3 Å². The molecule has 0 amide bonds. The highest BCUT2D eigenvalue weighted by molar-refractivity contribution is 5.76. The number of anilines is 1. The second-order valence-electron chi connectivity index (χ2n) is 8.13. The highest BCUT2D eigenvalue weighted by Crippen LogP contribution is 2.21. The van der Waals surface area contributed by atoms with Gasteiger partial charge in [0.2, 0.25) is 5.95 Å². The summed E-state index contributed by atoms with van der Waals surface area (Å²) >= 11 is 0. The second-order valence-corrected chi connectivity index (χ2v) is 8.13. The van der Waals surface area contributed by atoms with Crippen molar-refractivity contribution in [1.29, 1.82) is 0 Å². The van der Waals surface area contributed by atoms with Crippen LogP contribution < -0.4 is 10.5 Å². The zero-order valence-corrected chi connectivity index (χ0v) is 17.6. The summed E-state index contributed by atoms with van der Waals surface area (Å²) in [7, 11) is 2.09. The van der Waals surface area contributed by atoms with Gasteiger partial charge in [-0.3, -0.25) is 4.79 Å². The Morgan fingerprint density at radius 2 is 1.93 bits per heavy atom. The first-order valence-electron chi connectivity index (χ1n) is 10.0. The van der Waals surface area contributed by atoms with Crippen LogP contribution >= 0.6 is 0 Å². The number of likely N-dealkylation sites (N-methyl/N-ethyl adjacent to an activating group) is 1. The zero-order chi connectivity index (χ0) is 21.5. The number of piperazine rings is 1. The van der Waals surface area contributed by atoms with E-state index in [4.69, 9.17) is 4.98 Å². The van der Waals surface area contributed by atoms with E-state index in [1.165, 1.54) is 4.68 Å². The molecule has 0 unspecified atom stereocenters. The lowest BCUT2D eigenvalue weighted by atomic mass is 10.1. The Balaban J connectivity index is 1.90. The number of pyridine rings is 1. The molecule has 1 aliphatic rings. The quantitative estimate of drug-likeness (QED) is 0.632. The average molecular weight is 409 g/mol. The maximum atomic E-state index is 13.0. The highest BCUT2D eigenvalue weighted by atomic mass is 16.3. The summed E-state index contributed by atoms with van der Waals surface area (Å²) in [6.45, 7) is 10.9. The standard InChI is InChI=1S/C21H27N7O2/c1-5-9-27-19(29)15-14-22-20(26-12-10-25(4)11-13-26)24-18(15)28(27)17-8-6-7-16(23-17)21(2,3)30/h5-8,14,30H,1,9-13H2,2-4H3. The summed E-state index contributed by atoms with van der Waals surface area (Å²) in [6, 6.07) is 5.37. The SMILES string of the molecule is C=CCn1c(=O)c2cnc(N3CCN(C)CC3)nc2n1-c1cccc(C(C)(C)O)n1. The third kappa shape index (κ3) is 3.61. The third-order valence-corrected chi connectivity index (χ3v) is 5.33. The first kappa shape index (κ1) is 20.2. The van der Waals surface area contributed by atoms with Crippen molar-refractivity contribution < 1.29 is 5.11 Å². The Morgan fingerprint density at radius 1 is 1.20 bits per heavy atom. The van der Waals surface area contributed by atoms with Gasteiger partial charge in [0.05, 0.1) is 12.2 Å². The maximum absolute atomic E-state index is 13.0. The van der Waals surface area contributed by atoms with E-state index in [9.17, 15) is 9.90 Å². The summed E-state index contributed by atoms with van der Waals surface area (Å²) in [5, 5.41) is 10.8. The summed E-state index contributed by atoms with van der Waals surface area (Å²) in [4.78, 5) is 31.3. The van der Waals surface area contributed by atoms with Crippen molar-refractivity contribution in [2.75, 3.05) is 38.1 Å². The predicted molar refractivity (Wildman–Crippen MR) is 116 cm³/mol. The number of allylic oxidation sites excluding steroid dienone is 1. The van der Waals surface area contributed by atoms with Crippen molar-refractivity contribution in [3.8, 4) is 5.82 Å². The van der Waals surface area contributed by atoms with Crippen LogP contribution in [0.4, 0.5) is 5.95 Å². The molecule has 0 aliphatic carbocycles. The van der Waals surface area contributed by atoms with Gasteiger partial charge in [-0.1, -0.05) is 12.1 Å². The molecular weight excluding hydrogens is 382 g/mol. The second kappa shape index (κ2) is 7.66. The number of aliphatic hydroxyl groups is 1. The van der Waals surface area contributed by atoms with Crippen LogP contribution in [0, 0.1) is 0 Å². The Morgan fingerprint density at radius 3 is 2.60 bits per heavy atom. The molecule has 4 heterocycles. The molecule has 1 saturated heterocycles. The van der Waals surface area contributed by atoms with Crippen LogP contribution in [0.2, 0.25) is 0 Å². The normalized spacial score (nSPS) is 15.7. The largest absolute Gasteiger partial charge is 0.384 e. The molecule has 1 fully saturated rings. The molecule has 0 atom stereocenters. The minimum atomic E-state index is -1.11. The number of aromatic nitrogens is 5. The Hall–Kier alpha value is -3.04. The summed E-state index contributed by atoms with van der Waals surface area (Å²) in [5.74, 6) is 1.10. The average Bonchev–Trinajstić information content (AvgIpc) is 2.99. The number of rotatable bonds is 5.